The smallest absolute Gasteiger partial charge is 0.410 e. The van der Waals surface area contributed by atoms with E-state index in [0.717, 1.165) is 0 Å². The van der Waals surface area contributed by atoms with Crippen molar-refractivity contribution in [2.24, 2.45) is 22.7 Å². The largest absolute Gasteiger partial charge is 0.412 e. The molecule has 0 saturated heterocycles. The van der Waals surface area contributed by atoms with E-state index in [1.54, 1.807) is 24.3 Å². The predicted octanol–water partition coefficient (Wildman–Crippen LogP) is 1.44. The number of nitrogens with one attached hydrogen (secondary N) is 2. The highest BCUT2D eigenvalue weighted by atomic mass is 16.6. The normalized spacial score (nSPS) is 16.1. The highest BCUT2D eigenvalue weighted by molar-refractivity contribution is 5.98. The summed E-state index contributed by atoms with van der Waals surface area (Å²) in [5.74, 6) is 11.8. The number of hydrazone groups is 1. The Morgan fingerprint density at radius 3 is 2.77 bits per heavy atom. The van der Waals surface area contributed by atoms with Gasteiger partial charge in [0.05, 0.1) is 0 Å². The fraction of sp³-hybridized carbons (Fsp3) is 0.467. The minimum atomic E-state index is -0.449. The number of nitrogens with two attached hydrogens (primary N) is 2. The first-order chi connectivity index (χ1) is 10.7. The second-order valence-corrected chi connectivity index (χ2v) is 5.42. The Balaban J connectivity index is 1.87. The van der Waals surface area contributed by atoms with E-state index in [4.69, 9.17) is 16.4 Å². The van der Waals surface area contributed by atoms with Gasteiger partial charge in [0.15, 0.2) is 5.84 Å². The third-order valence-electron chi connectivity index (χ3n) is 3.84. The van der Waals surface area contributed by atoms with E-state index in [9.17, 15) is 4.79 Å². The Kier molecular flexibility index (Phi) is 6.02. The molecule has 0 bridgehead atoms. The molecule has 0 atom stereocenters. The standard InChI is InChI=1S/C15H23N5O2/c16-19-14(20-17)12-7-4-8-13(9-12)22-15(21)18-10-11-5-2-1-3-6-11/h4,7-9,11H,1-3,5-6,10,16-17H2,(H,18,21)(H,19,20). The Bertz CT molecular complexity index is 526. The van der Waals surface area contributed by atoms with E-state index in [0.29, 0.717) is 29.6 Å². The van der Waals surface area contributed by atoms with Gasteiger partial charge in [-0.15, -0.1) is 0 Å². The molecule has 22 heavy (non-hydrogen) atoms. The molecule has 120 valence electrons. The number of carbonyl (C=O) groups excluding carboxylic acids is 1. The molecule has 1 aromatic carbocycles. The first kappa shape index (κ1) is 16.1. The quantitative estimate of drug-likeness (QED) is 0.291. The summed E-state index contributed by atoms with van der Waals surface area (Å²) in [5, 5.41) is 6.34. The Morgan fingerprint density at radius 2 is 2.09 bits per heavy atom. The molecule has 0 spiro atoms. The number of amides is 1. The molecule has 7 nitrogen and oxygen atoms in total. The number of nitrogens with zero attached hydrogens (tertiary/aromatic N) is 1. The maximum absolute atomic E-state index is 11.8. The Hall–Kier alpha value is -2.28. The number of hydrogen-bond acceptors (Lipinski definition) is 5. The maximum atomic E-state index is 11.8. The number of ether oxygens (including phenoxy) is 1. The molecule has 1 saturated carbocycles. The summed E-state index contributed by atoms with van der Waals surface area (Å²) in [6.07, 6.45) is 5.69. The van der Waals surface area contributed by atoms with Crippen molar-refractivity contribution in [3.05, 3.63) is 29.8 Å². The van der Waals surface area contributed by atoms with Crippen LogP contribution in [0.15, 0.2) is 29.4 Å². The van der Waals surface area contributed by atoms with Gasteiger partial charge in [-0.25, -0.2) is 10.6 Å². The molecule has 1 amide bonds. The summed E-state index contributed by atoms with van der Waals surface area (Å²) in [4.78, 5) is 11.8. The van der Waals surface area contributed by atoms with Crippen molar-refractivity contribution in [1.29, 1.82) is 0 Å². The van der Waals surface area contributed by atoms with Gasteiger partial charge in [0.25, 0.3) is 0 Å². The van der Waals surface area contributed by atoms with Crippen molar-refractivity contribution >= 4 is 11.9 Å². The van der Waals surface area contributed by atoms with Crippen LogP contribution in [0.5, 0.6) is 5.75 Å². The van der Waals surface area contributed by atoms with Crippen LogP contribution >= 0.6 is 0 Å². The lowest BCUT2D eigenvalue weighted by Crippen LogP contribution is -2.33. The van der Waals surface area contributed by atoms with Crippen LogP contribution < -0.4 is 27.2 Å². The molecule has 1 fully saturated rings. The third-order valence-corrected chi connectivity index (χ3v) is 3.84. The van der Waals surface area contributed by atoms with Crippen LogP contribution in [0.3, 0.4) is 0 Å². The lowest BCUT2D eigenvalue weighted by atomic mass is 9.89. The Morgan fingerprint density at radius 1 is 1.32 bits per heavy atom. The van der Waals surface area contributed by atoms with E-state index in [1.807, 2.05) is 0 Å². The van der Waals surface area contributed by atoms with Crippen molar-refractivity contribution in [3.8, 4) is 5.75 Å². The molecule has 0 unspecified atom stereocenters. The van der Waals surface area contributed by atoms with Gasteiger partial charge >= 0.3 is 6.09 Å². The number of carbonyl (C=O) groups is 1. The van der Waals surface area contributed by atoms with E-state index in [-0.39, 0.29) is 0 Å². The fourth-order valence-electron chi connectivity index (χ4n) is 2.66. The number of rotatable bonds is 4. The summed E-state index contributed by atoms with van der Waals surface area (Å²) in [6.45, 7) is 0.665. The lowest BCUT2D eigenvalue weighted by molar-refractivity contribution is 0.196. The topological polar surface area (TPSA) is 115 Å². The molecule has 2 rings (SSSR count). The van der Waals surface area contributed by atoms with Gasteiger partial charge in [-0.3, -0.25) is 0 Å². The van der Waals surface area contributed by atoms with Gasteiger partial charge in [-0.1, -0.05) is 31.4 Å². The van der Waals surface area contributed by atoms with E-state index < -0.39 is 6.09 Å². The molecule has 0 aromatic heterocycles. The molecule has 1 aliphatic rings. The van der Waals surface area contributed by atoms with Crippen LogP contribution in [-0.4, -0.2) is 18.5 Å². The number of hydrazine groups is 1. The maximum Gasteiger partial charge on any atom is 0.412 e. The average Bonchev–Trinajstić information content (AvgIpc) is 2.55. The molecular weight excluding hydrogens is 282 g/mol. The zero-order valence-electron chi connectivity index (χ0n) is 12.5. The fourth-order valence-corrected chi connectivity index (χ4v) is 2.66. The highest BCUT2D eigenvalue weighted by Crippen LogP contribution is 2.22. The third kappa shape index (κ3) is 4.63. The monoisotopic (exact) mass is 305 g/mol. The summed E-state index contributed by atoms with van der Waals surface area (Å²) < 4.78 is 5.27. The average molecular weight is 305 g/mol. The van der Waals surface area contributed by atoms with Crippen LogP contribution in [0.4, 0.5) is 4.79 Å². The van der Waals surface area contributed by atoms with Crippen molar-refractivity contribution < 1.29 is 9.53 Å². The minimum absolute atomic E-state index is 0.313. The second kappa shape index (κ2) is 8.23. The minimum Gasteiger partial charge on any atom is -0.410 e. The molecule has 0 heterocycles. The van der Waals surface area contributed by atoms with Crippen LogP contribution in [0.1, 0.15) is 37.7 Å². The molecule has 0 radical (unpaired) electrons. The first-order valence-corrected chi connectivity index (χ1v) is 7.53. The lowest BCUT2D eigenvalue weighted by Gasteiger charge is -2.21. The van der Waals surface area contributed by atoms with Crippen LogP contribution in [0, 0.1) is 5.92 Å². The van der Waals surface area contributed by atoms with Crippen LogP contribution in [0.2, 0.25) is 0 Å². The summed E-state index contributed by atoms with van der Waals surface area (Å²) >= 11 is 0. The number of amidine groups is 1. The molecule has 6 N–H and O–H groups in total. The van der Waals surface area contributed by atoms with E-state index in [2.05, 4.69) is 15.8 Å². The van der Waals surface area contributed by atoms with Crippen molar-refractivity contribution in [1.82, 2.24) is 10.7 Å². The summed E-state index contributed by atoms with van der Waals surface area (Å²) in [7, 11) is 0. The number of benzene rings is 1. The first-order valence-electron chi connectivity index (χ1n) is 7.53. The van der Waals surface area contributed by atoms with Crippen molar-refractivity contribution in [2.75, 3.05) is 6.54 Å². The highest BCUT2D eigenvalue weighted by Gasteiger charge is 2.15. The zero-order valence-corrected chi connectivity index (χ0v) is 12.5. The van der Waals surface area contributed by atoms with Gasteiger partial charge < -0.3 is 21.3 Å². The van der Waals surface area contributed by atoms with Crippen LogP contribution in [-0.2, 0) is 0 Å². The van der Waals surface area contributed by atoms with Gasteiger partial charge in [-0.05, 0) is 30.9 Å². The van der Waals surface area contributed by atoms with Gasteiger partial charge in [0.1, 0.15) is 5.75 Å². The van der Waals surface area contributed by atoms with Crippen LogP contribution in [0.25, 0.3) is 0 Å². The summed E-state index contributed by atoms with van der Waals surface area (Å²) in [5.41, 5.74) is 3.03. The predicted molar refractivity (Wildman–Crippen MR) is 85.1 cm³/mol. The Labute approximate surface area is 130 Å². The molecule has 7 heteroatoms. The molecular formula is C15H23N5O2. The van der Waals surface area contributed by atoms with Crippen molar-refractivity contribution in [2.45, 2.75) is 32.1 Å². The molecule has 0 aliphatic heterocycles. The van der Waals surface area contributed by atoms with E-state index in [1.165, 1.54) is 32.1 Å². The zero-order chi connectivity index (χ0) is 15.8. The molecule has 1 aliphatic carbocycles. The van der Waals surface area contributed by atoms with Crippen molar-refractivity contribution in [3.63, 3.8) is 0 Å². The SMILES string of the molecule is N/N=C(\NN)c1cccc(OC(=O)NCC2CCCCC2)c1. The number of hydrogen-bond donors (Lipinski definition) is 4. The van der Waals surface area contributed by atoms with Gasteiger partial charge in [0.2, 0.25) is 0 Å². The molecule has 1 aromatic rings. The van der Waals surface area contributed by atoms with Gasteiger partial charge in [-0.2, -0.15) is 5.10 Å². The second-order valence-electron chi connectivity index (χ2n) is 5.42. The van der Waals surface area contributed by atoms with E-state index >= 15 is 0 Å². The van der Waals surface area contributed by atoms with Gasteiger partial charge in [0, 0.05) is 12.1 Å². The summed E-state index contributed by atoms with van der Waals surface area (Å²) in [6, 6.07) is 6.83.